The van der Waals surface area contributed by atoms with Crippen LogP contribution >= 0.6 is 0 Å². The Hall–Kier alpha value is -2.04. The molecule has 1 aromatic carbocycles. The largest absolute Gasteiger partial charge is 0.409 e. The Morgan fingerprint density at radius 1 is 1.40 bits per heavy atom. The predicted molar refractivity (Wildman–Crippen MR) is 79.6 cm³/mol. The molecule has 0 heterocycles. The van der Waals surface area contributed by atoms with Gasteiger partial charge in [-0.1, -0.05) is 42.4 Å². The van der Waals surface area contributed by atoms with Crippen molar-refractivity contribution in [2.45, 2.75) is 39.2 Å². The van der Waals surface area contributed by atoms with Crippen LogP contribution in [-0.4, -0.2) is 22.5 Å². The van der Waals surface area contributed by atoms with E-state index in [-0.39, 0.29) is 17.3 Å². The fraction of sp³-hybridized carbons (Fsp3) is 0.467. The average molecular weight is 277 g/mol. The number of amides is 1. The zero-order chi connectivity index (χ0) is 15.2. The van der Waals surface area contributed by atoms with Gasteiger partial charge in [-0.15, -0.1) is 0 Å². The molecule has 1 amide bonds. The number of carbonyl (C=O) groups excluding carboxylic acids is 1. The molecule has 20 heavy (non-hydrogen) atoms. The van der Waals surface area contributed by atoms with Crippen molar-refractivity contribution < 1.29 is 10.0 Å². The molecule has 0 saturated carbocycles. The lowest BCUT2D eigenvalue weighted by atomic mass is 9.94. The molecule has 0 radical (unpaired) electrons. The van der Waals surface area contributed by atoms with Crippen molar-refractivity contribution in [1.82, 2.24) is 5.32 Å². The minimum Gasteiger partial charge on any atom is -0.409 e. The molecule has 0 aliphatic heterocycles. The third kappa shape index (κ3) is 4.57. The first-order chi connectivity index (χ1) is 9.39. The van der Waals surface area contributed by atoms with Crippen LogP contribution in [0.3, 0.4) is 0 Å². The molecule has 0 aliphatic carbocycles. The van der Waals surface area contributed by atoms with Crippen LogP contribution in [0.1, 0.15) is 32.8 Å². The topological polar surface area (TPSA) is 87.7 Å². The first-order valence-corrected chi connectivity index (χ1v) is 6.73. The molecule has 0 spiro atoms. The van der Waals surface area contributed by atoms with Gasteiger partial charge >= 0.3 is 0 Å². The highest BCUT2D eigenvalue weighted by Crippen LogP contribution is 2.13. The van der Waals surface area contributed by atoms with Crippen LogP contribution in [0.25, 0.3) is 0 Å². The molecule has 1 atom stereocenters. The fourth-order valence-corrected chi connectivity index (χ4v) is 1.76. The van der Waals surface area contributed by atoms with Gasteiger partial charge in [0.25, 0.3) is 0 Å². The molecule has 0 aliphatic rings. The van der Waals surface area contributed by atoms with Gasteiger partial charge in [0.1, 0.15) is 5.92 Å². The normalized spacial score (nSPS) is 13.8. The summed E-state index contributed by atoms with van der Waals surface area (Å²) < 4.78 is 0. The van der Waals surface area contributed by atoms with E-state index in [1.165, 1.54) is 0 Å². The number of oxime groups is 1. The Morgan fingerprint density at radius 2 is 2.00 bits per heavy atom. The molecule has 1 aromatic rings. The summed E-state index contributed by atoms with van der Waals surface area (Å²) in [5.74, 6) is -0.970. The van der Waals surface area contributed by atoms with Crippen molar-refractivity contribution in [3.05, 3.63) is 35.9 Å². The summed E-state index contributed by atoms with van der Waals surface area (Å²) in [6.45, 7) is 5.88. The van der Waals surface area contributed by atoms with Crippen LogP contribution in [0.15, 0.2) is 35.5 Å². The third-order valence-electron chi connectivity index (χ3n) is 3.42. The van der Waals surface area contributed by atoms with Gasteiger partial charge in [0.15, 0.2) is 5.84 Å². The molecule has 0 aromatic heterocycles. The van der Waals surface area contributed by atoms with E-state index in [4.69, 9.17) is 10.9 Å². The Bertz CT molecular complexity index is 469. The second-order valence-corrected chi connectivity index (χ2v) is 5.49. The average Bonchev–Trinajstić information content (AvgIpc) is 2.44. The van der Waals surface area contributed by atoms with Crippen LogP contribution in [-0.2, 0) is 11.2 Å². The summed E-state index contributed by atoms with van der Waals surface area (Å²) >= 11 is 0. The highest BCUT2D eigenvalue weighted by Gasteiger charge is 2.28. The van der Waals surface area contributed by atoms with Gasteiger partial charge in [-0.25, -0.2) is 0 Å². The van der Waals surface area contributed by atoms with Gasteiger partial charge in [-0.05, 0) is 32.3 Å². The second-order valence-electron chi connectivity index (χ2n) is 5.49. The summed E-state index contributed by atoms with van der Waals surface area (Å²) in [6, 6.07) is 9.52. The zero-order valence-corrected chi connectivity index (χ0v) is 12.3. The minimum atomic E-state index is -0.673. The zero-order valence-electron chi connectivity index (χ0n) is 12.3. The van der Waals surface area contributed by atoms with Gasteiger partial charge in [-0.2, -0.15) is 0 Å². The van der Waals surface area contributed by atoms with E-state index in [0.29, 0.717) is 6.42 Å². The van der Waals surface area contributed by atoms with Gasteiger partial charge in [0.2, 0.25) is 5.91 Å². The number of carbonyl (C=O) groups is 1. The van der Waals surface area contributed by atoms with Gasteiger partial charge in [0.05, 0.1) is 0 Å². The number of rotatable bonds is 6. The lowest BCUT2D eigenvalue weighted by Crippen LogP contribution is -2.49. The molecule has 5 heteroatoms. The van der Waals surface area contributed by atoms with Crippen molar-refractivity contribution in [2.75, 3.05) is 0 Å². The number of amidine groups is 1. The van der Waals surface area contributed by atoms with Crippen LogP contribution in [0.5, 0.6) is 0 Å². The second kappa shape index (κ2) is 6.93. The summed E-state index contributed by atoms with van der Waals surface area (Å²) in [5, 5.41) is 14.8. The summed E-state index contributed by atoms with van der Waals surface area (Å²) in [7, 11) is 0. The third-order valence-corrected chi connectivity index (χ3v) is 3.42. The fourth-order valence-electron chi connectivity index (χ4n) is 1.76. The van der Waals surface area contributed by atoms with Crippen molar-refractivity contribution >= 4 is 11.7 Å². The maximum absolute atomic E-state index is 12.3. The van der Waals surface area contributed by atoms with Gasteiger partial charge in [-0.3, -0.25) is 4.79 Å². The lowest BCUT2D eigenvalue weighted by molar-refractivity contribution is -0.124. The smallest absolute Gasteiger partial charge is 0.231 e. The number of nitrogens with two attached hydrogens (primary N) is 1. The highest BCUT2D eigenvalue weighted by atomic mass is 16.4. The van der Waals surface area contributed by atoms with Crippen molar-refractivity contribution in [3.8, 4) is 0 Å². The molecule has 4 N–H and O–H groups in total. The predicted octanol–water partition coefficient (Wildman–Crippen LogP) is 1.90. The number of nitrogens with zero attached hydrogens (tertiary/aromatic N) is 1. The van der Waals surface area contributed by atoms with Crippen LogP contribution in [0, 0.1) is 5.92 Å². The van der Waals surface area contributed by atoms with Gasteiger partial charge in [0, 0.05) is 5.54 Å². The van der Waals surface area contributed by atoms with Gasteiger partial charge < -0.3 is 16.3 Å². The summed E-state index contributed by atoms with van der Waals surface area (Å²) in [5.41, 5.74) is 6.31. The van der Waals surface area contributed by atoms with Crippen molar-refractivity contribution in [2.24, 2.45) is 16.8 Å². The van der Waals surface area contributed by atoms with Crippen LogP contribution in [0.2, 0.25) is 0 Å². The SMILES string of the molecule is CCC(C)(C)NC(=O)C(Cc1ccccc1)C(N)=NO. The molecule has 110 valence electrons. The maximum Gasteiger partial charge on any atom is 0.231 e. The van der Waals surface area contributed by atoms with Crippen molar-refractivity contribution in [3.63, 3.8) is 0 Å². The first kappa shape index (κ1) is 16.0. The Labute approximate surface area is 119 Å². The van der Waals surface area contributed by atoms with E-state index in [2.05, 4.69) is 10.5 Å². The molecular weight excluding hydrogens is 254 g/mol. The molecule has 0 bridgehead atoms. The van der Waals surface area contributed by atoms with E-state index in [9.17, 15) is 4.79 Å². The standard InChI is InChI=1S/C15H23N3O2/c1-4-15(2,3)17-14(19)12(13(16)18-20)10-11-8-6-5-7-9-11/h5-9,12,20H,4,10H2,1-3H3,(H2,16,18)(H,17,19). The first-order valence-electron chi connectivity index (χ1n) is 6.73. The Kier molecular flexibility index (Phi) is 5.55. The van der Waals surface area contributed by atoms with E-state index in [0.717, 1.165) is 12.0 Å². The Morgan fingerprint density at radius 3 is 2.50 bits per heavy atom. The van der Waals surface area contributed by atoms with Crippen molar-refractivity contribution in [1.29, 1.82) is 0 Å². The molecule has 0 fully saturated rings. The number of nitrogens with one attached hydrogen (secondary N) is 1. The molecule has 1 rings (SSSR count). The van der Waals surface area contributed by atoms with E-state index < -0.39 is 5.92 Å². The number of benzene rings is 1. The minimum absolute atomic E-state index is 0.0711. The molecule has 0 saturated heterocycles. The molecular formula is C15H23N3O2. The highest BCUT2D eigenvalue weighted by molar-refractivity contribution is 6.02. The van der Waals surface area contributed by atoms with E-state index in [1.54, 1.807) is 0 Å². The number of hydrogen-bond donors (Lipinski definition) is 3. The van der Waals surface area contributed by atoms with Crippen LogP contribution in [0.4, 0.5) is 0 Å². The quantitative estimate of drug-likeness (QED) is 0.321. The Balaban J connectivity index is 2.88. The number of hydrogen-bond acceptors (Lipinski definition) is 3. The maximum atomic E-state index is 12.3. The molecule has 5 nitrogen and oxygen atoms in total. The summed E-state index contributed by atoms with van der Waals surface area (Å²) in [4.78, 5) is 12.3. The lowest BCUT2D eigenvalue weighted by Gasteiger charge is -2.27. The molecule has 1 unspecified atom stereocenters. The monoisotopic (exact) mass is 277 g/mol. The van der Waals surface area contributed by atoms with E-state index in [1.807, 2.05) is 51.1 Å². The van der Waals surface area contributed by atoms with Crippen LogP contribution < -0.4 is 11.1 Å². The van der Waals surface area contributed by atoms with E-state index >= 15 is 0 Å². The summed E-state index contributed by atoms with van der Waals surface area (Å²) in [6.07, 6.45) is 1.20.